The highest BCUT2D eigenvalue weighted by atomic mass is 32.2. The van der Waals surface area contributed by atoms with Gasteiger partial charge in [-0.2, -0.15) is 10.5 Å². The molecule has 1 N–H and O–H groups in total. The lowest BCUT2D eigenvalue weighted by Crippen LogP contribution is -2.16. The van der Waals surface area contributed by atoms with Crippen LogP contribution in [0.1, 0.15) is 38.3 Å². The maximum absolute atomic E-state index is 9.04. The van der Waals surface area contributed by atoms with Crippen LogP contribution < -0.4 is 5.32 Å². The maximum Gasteiger partial charge on any atom is 0.161 e. The molecule has 0 aliphatic carbocycles. The van der Waals surface area contributed by atoms with E-state index in [-0.39, 0.29) is 0 Å². The summed E-state index contributed by atoms with van der Waals surface area (Å²) in [6, 6.07) is 9.22. The molecule has 5 heteroatoms. The number of thioether (sulfide) groups is 1. The molecule has 0 amide bonds. The summed E-state index contributed by atoms with van der Waals surface area (Å²) in [7, 11) is 0. The molecule has 1 aliphatic rings. The van der Waals surface area contributed by atoms with Crippen molar-refractivity contribution in [3.05, 3.63) is 29.3 Å². The quantitative estimate of drug-likeness (QED) is 0.902. The monoisotopic (exact) mass is 298 g/mol. The Hall–Kier alpha value is -1.98. The molecule has 0 fully saturated rings. The lowest BCUT2D eigenvalue weighted by atomic mass is 9.90. The molecular formula is C16H18N4S. The summed E-state index contributed by atoms with van der Waals surface area (Å²) in [5.41, 5.74) is 1.88. The summed E-state index contributed by atoms with van der Waals surface area (Å²) in [5, 5.41) is 22.6. The van der Waals surface area contributed by atoms with Gasteiger partial charge in [0.25, 0.3) is 0 Å². The molecule has 1 atom stereocenters. The second-order valence-electron chi connectivity index (χ2n) is 6.26. The number of hydrogen-bond donors (Lipinski definition) is 1. The fourth-order valence-electron chi connectivity index (χ4n) is 2.21. The topological polar surface area (TPSA) is 72.0 Å². The number of nitrogens with one attached hydrogen (secondary N) is 1. The van der Waals surface area contributed by atoms with E-state index in [1.54, 1.807) is 30.0 Å². The number of benzene rings is 1. The van der Waals surface area contributed by atoms with Crippen molar-refractivity contribution >= 4 is 22.6 Å². The largest absolute Gasteiger partial charge is 0.335 e. The van der Waals surface area contributed by atoms with E-state index in [1.165, 1.54) is 0 Å². The van der Waals surface area contributed by atoms with Crippen molar-refractivity contribution in [2.75, 3.05) is 11.9 Å². The summed E-state index contributed by atoms with van der Waals surface area (Å²) in [5.74, 6) is 0. The van der Waals surface area contributed by atoms with Crippen molar-refractivity contribution in [3.8, 4) is 12.1 Å². The molecule has 21 heavy (non-hydrogen) atoms. The first kappa shape index (κ1) is 15.4. The van der Waals surface area contributed by atoms with Crippen LogP contribution in [0.5, 0.6) is 0 Å². The Kier molecular flexibility index (Phi) is 4.55. The highest BCUT2D eigenvalue weighted by Crippen LogP contribution is 2.32. The predicted molar refractivity (Wildman–Crippen MR) is 87.2 cm³/mol. The molecule has 1 heterocycles. The first-order valence-electron chi connectivity index (χ1n) is 6.83. The van der Waals surface area contributed by atoms with Crippen molar-refractivity contribution in [1.29, 1.82) is 10.5 Å². The average molecular weight is 298 g/mol. The minimum absolute atomic E-state index is 0.297. The molecule has 0 aromatic heterocycles. The first-order chi connectivity index (χ1) is 9.91. The van der Waals surface area contributed by atoms with Crippen LogP contribution >= 0.6 is 11.8 Å². The Morgan fingerprint density at radius 2 is 2.00 bits per heavy atom. The van der Waals surface area contributed by atoms with E-state index >= 15 is 0 Å². The third kappa shape index (κ3) is 4.24. The van der Waals surface area contributed by atoms with Gasteiger partial charge in [0.2, 0.25) is 0 Å². The van der Waals surface area contributed by atoms with Crippen LogP contribution in [0, 0.1) is 28.1 Å². The summed E-state index contributed by atoms with van der Waals surface area (Å²) in [6.07, 6.45) is 1.11. The van der Waals surface area contributed by atoms with Crippen LogP contribution in [0.2, 0.25) is 0 Å². The van der Waals surface area contributed by atoms with Gasteiger partial charge in [-0.15, -0.1) is 0 Å². The molecule has 108 valence electrons. The smallest absolute Gasteiger partial charge is 0.161 e. The molecule has 1 unspecified atom stereocenters. The molecule has 1 aromatic carbocycles. The Balaban J connectivity index is 2.01. The third-order valence-corrected chi connectivity index (χ3v) is 4.17. The Labute approximate surface area is 129 Å². The second kappa shape index (κ2) is 6.20. The minimum Gasteiger partial charge on any atom is -0.335 e. The summed E-state index contributed by atoms with van der Waals surface area (Å²) < 4.78 is 0. The maximum atomic E-state index is 9.04. The zero-order chi connectivity index (χ0) is 15.5. The second-order valence-corrected chi connectivity index (χ2v) is 7.55. The molecule has 4 nitrogen and oxygen atoms in total. The van der Waals surface area contributed by atoms with Crippen molar-refractivity contribution in [2.45, 2.75) is 32.4 Å². The zero-order valence-corrected chi connectivity index (χ0v) is 13.3. The molecule has 1 aliphatic heterocycles. The standard InChI is InChI=1S/C16H18N4S/c1-16(2,3)7-14-10-19-15(21-14)20-13-5-4-11(8-17)12(6-13)9-18/h4-6,14H,7,10H2,1-3H3,(H,19,20). The van der Waals surface area contributed by atoms with Gasteiger partial charge >= 0.3 is 0 Å². The zero-order valence-electron chi connectivity index (χ0n) is 12.5. The van der Waals surface area contributed by atoms with Crippen LogP contribution in [0.15, 0.2) is 23.2 Å². The van der Waals surface area contributed by atoms with E-state index in [0.717, 1.165) is 23.8 Å². The fourth-order valence-corrected chi connectivity index (χ4v) is 3.58. The van der Waals surface area contributed by atoms with Crippen LogP contribution in [-0.4, -0.2) is 17.0 Å². The summed E-state index contributed by atoms with van der Waals surface area (Å²) in [6.45, 7) is 7.53. The Morgan fingerprint density at radius 1 is 1.29 bits per heavy atom. The molecule has 0 radical (unpaired) electrons. The molecule has 0 spiro atoms. The van der Waals surface area contributed by atoms with E-state index in [4.69, 9.17) is 10.5 Å². The van der Waals surface area contributed by atoms with E-state index in [2.05, 4.69) is 31.1 Å². The van der Waals surface area contributed by atoms with Gasteiger partial charge in [-0.1, -0.05) is 32.5 Å². The number of anilines is 1. The van der Waals surface area contributed by atoms with Crippen LogP contribution in [0.3, 0.4) is 0 Å². The van der Waals surface area contributed by atoms with Gasteiger partial charge in [0.15, 0.2) is 5.17 Å². The van der Waals surface area contributed by atoms with Crippen LogP contribution in [0.25, 0.3) is 0 Å². The molecule has 0 saturated carbocycles. The third-order valence-electron chi connectivity index (χ3n) is 3.07. The van der Waals surface area contributed by atoms with E-state index < -0.39 is 0 Å². The van der Waals surface area contributed by atoms with Crippen LogP contribution in [-0.2, 0) is 0 Å². The molecule has 2 rings (SSSR count). The van der Waals surface area contributed by atoms with Gasteiger partial charge in [-0.25, -0.2) is 0 Å². The van der Waals surface area contributed by atoms with Gasteiger partial charge in [-0.05, 0) is 30.0 Å². The lowest BCUT2D eigenvalue weighted by Gasteiger charge is -2.21. The average Bonchev–Trinajstić information content (AvgIpc) is 2.83. The first-order valence-corrected chi connectivity index (χ1v) is 7.71. The number of rotatable bonds is 2. The van der Waals surface area contributed by atoms with E-state index in [0.29, 0.717) is 21.8 Å². The Morgan fingerprint density at radius 3 is 2.62 bits per heavy atom. The van der Waals surface area contributed by atoms with Crippen molar-refractivity contribution in [3.63, 3.8) is 0 Å². The van der Waals surface area contributed by atoms with Gasteiger partial charge in [-0.3, -0.25) is 4.99 Å². The summed E-state index contributed by atoms with van der Waals surface area (Å²) >= 11 is 1.75. The number of hydrogen-bond acceptors (Lipinski definition) is 5. The van der Waals surface area contributed by atoms with Crippen molar-refractivity contribution < 1.29 is 0 Å². The summed E-state index contributed by atoms with van der Waals surface area (Å²) in [4.78, 5) is 4.52. The van der Waals surface area contributed by atoms with Gasteiger partial charge in [0, 0.05) is 10.9 Å². The highest BCUT2D eigenvalue weighted by molar-refractivity contribution is 8.15. The molecular weight excluding hydrogens is 280 g/mol. The SMILES string of the molecule is CC(C)(C)CC1CN=C(Nc2ccc(C#N)c(C#N)c2)S1. The van der Waals surface area contributed by atoms with Gasteiger partial charge in [0.1, 0.15) is 12.1 Å². The van der Waals surface area contributed by atoms with E-state index in [9.17, 15) is 0 Å². The predicted octanol–water partition coefficient (Wildman–Crippen LogP) is 3.75. The van der Waals surface area contributed by atoms with Gasteiger partial charge < -0.3 is 5.32 Å². The highest BCUT2D eigenvalue weighted by Gasteiger charge is 2.25. The normalized spacial score (nSPS) is 17.8. The Bertz CT molecular complexity index is 644. The number of nitriles is 2. The number of amidine groups is 1. The lowest BCUT2D eigenvalue weighted by molar-refractivity contribution is 0.375. The fraction of sp³-hybridized carbons (Fsp3) is 0.438. The van der Waals surface area contributed by atoms with Crippen LogP contribution in [0.4, 0.5) is 5.69 Å². The van der Waals surface area contributed by atoms with Crippen molar-refractivity contribution in [1.82, 2.24) is 0 Å². The number of nitrogens with zero attached hydrogens (tertiary/aromatic N) is 3. The minimum atomic E-state index is 0.297. The molecule has 1 aromatic rings. The molecule has 0 saturated heterocycles. The molecule has 0 bridgehead atoms. The van der Waals surface area contributed by atoms with Crippen molar-refractivity contribution in [2.24, 2.45) is 10.4 Å². The number of aliphatic imine (C=N–C) groups is 1. The van der Waals surface area contributed by atoms with E-state index in [1.807, 2.05) is 12.1 Å². The van der Waals surface area contributed by atoms with Gasteiger partial charge in [0.05, 0.1) is 17.7 Å².